The first-order chi connectivity index (χ1) is 31.3. The molecule has 2 amide bonds. The lowest BCUT2D eigenvalue weighted by molar-refractivity contribution is 0.0477. The fourth-order valence-electron chi connectivity index (χ4n) is 6.47. The van der Waals surface area contributed by atoms with E-state index in [0.29, 0.717) is 31.7 Å². The van der Waals surface area contributed by atoms with Crippen molar-refractivity contribution in [1.29, 1.82) is 0 Å². The molecule has 2 N–H and O–H groups in total. The predicted octanol–water partition coefficient (Wildman–Crippen LogP) is 9.58. The summed E-state index contributed by atoms with van der Waals surface area (Å²) in [6.45, 7) is -0.346. The smallest absolute Gasteiger partial charge is 0.374 e. The van der Waals surface area contributed by atoms with Crippen LogP contribution in [0.5, 0.6) is 0 Å². The number of hydrogen-bond donors (Lipinski definition) is 2. The van der Waals surface area contributed by atoms with Crippen molar-refractivity contribution in [3.05, 3.63) is 140 Å². The molecule has 0 atom stereocenters. The summed E-state index contributed by atoms with van der Waals surface area (Å²) in [4.78, 5) is 85.7. The maximum Gasteiger partial charge on any atom is 0.374 e. The fourth-order valence-corrected chi connectivity index (χ4v) is 8.84. The molecule has 0 aliphatic heterocycles. The van der Waals surface area contributed by atoms with Gasteiger partial charge < -0.3 is 38.4 Å². The van der Waals surface area contributed by atoms with Gasteiger partial charge in [0.05, 0.1) is 52.4 Å². The van der Waals surface area contributed by atoms with E-state index >= 15 is 0 Å². The van der Waals surface area contributed by atoms with E-state index in [9.17, 15) is 37.5 Å². The summed E-state index contributed by atoms with van der Waals surface area (Å²) in [5, 5.41) is 4.98. The van der Waals surface area contributed by atoms with Crippen molar-refractivity contribution >= 4 is 102 Å². The zero-order valence-electron chi connectivity index (χ0n) is 33.5. The number of pyridine rings is 2. The number of nitrogens with one attached hydrogen (secondary N) is 2. The predicted molar refractivity (Wildman–Crippen MR) is 231 cm³/mol. The Morgan fingerprint density at radius 1 is 0.646 bits per heavy atom. The Balaban J connectivity index is 0.962. The molecule has 6 heterocycles. The minimum atomic E-state index is -1.07. The Kier molecular flexibility index (Phi) is 12.2. The minimum Gasteiger partial charge on any atom is -0.465 e. The number of thiophene rings is 2. The molecule has 2 aromatic carbocycles. The van der Waals surface area contributed by atoms with Gasteiger partial charge in [-0.25, -0.2) is 37.9 Å². The second kappa shape index (κ2) is 18.1. The van der Waals surface area contributed by atoms with E-state index in [1.165, 1.54) is 63.0 Å². The van der Waals surface area contributed by atoms with E-state index < -0.39 is 52.9 Å². The molecule has 8 rings (SSSR count). The van der Waals surface area contributed by atoms with Crippen molar-refractivity contribution in [3.8, 4) is 22.3 Å². The molecule has 0 spiro atoms. The Hall–Kier alpha value is -7.81. The molecular formula is C44H27ClF2N4O12S2. The van der Waals surface area contributed by atoms with Gasteiger partial charge in [-0.15, -0.1) is 22.7 Å². The van der Waals surface area contributed by atoms with Crippen molar-refractivity contribution < 1.29 is 65.3 Å². The fraction of sp³-hybridized carbons (Fsp3) is 0.0909. The van der Waals surface area contributed by atoms with Crippen LogP contribution in [0.1, 0.15) is 66.7 Å². The number of amides is 2. The number of fused-ring (bicyclic) bond motifs is 2. The Morgan fingerprint density at radius 3 is 1.63 bits per heavy atom. The van der Waals surface area contributed by atoms with Gasteiger partial charge in [-0.05, 0) is 42.5 Å². The van der Waals surface area contributed by atoms with E-state index in [2.05, 4.69) is 20.6 Å². The average Bonchev–Trinajstić information content (AvgIpc) is 4.08. The molecule has 0 aliphatic rings. The monoisotopic (exact) mass is 940 g/mol. The highest BCUT2D eigenvalue weighted by molar-refractivity contribution is 7.21. The van der Waals surface area contributed by atoms with Crippen LogP contribution in [0.2, 0.25) is 5.02 Å². The Bertz CT molecular complexity index is 3210. The van der Waals surface area contributed by atoms with E-state index in [1.54, 1.807) is 18.2 Å². The number of hydrogen-bond acceptors (Lipinski definition) is 16. The maximum atomic E-state index is 14.2. The highest BCUT2D eigenvalue weighted by Gasteiger charge is 2.29. The van der Waals surface area contributed by atoms with Crippen molar-refractivity contribution in [3.63, 3.8) is 0 Å². The molecule has 8 aromatic rings. The molecule has 65 heavy (non-hydrogen) atoms. The first-order valence-corrected chi connectivity index (χ1v) is 20.6. The number of halogens is 3. The van der Waals surface area contributed by atoms with Gasteiger partial charge >= 0.3 is 23.9 Å². The third kappa shape index (κ3) is 8.52. The molecule has 6 aromatic heterocycles. The van der Waals surface area contributed by atoms with Crippen molar-refractivity contribution in [1.82, 2.24) is 9.97 Å². The molecule has 0 unspecified atom stereocenters. The lowest BCUT2D eigenvalue weighted by Crippen LogP contribution is -2.16. The van der Waals surface area contributed by atoms with Crippen LogP contribution in [-0.2, 0) is 25.6 Å². The topological polar surface area (TPSA) is 215 Å². The number of carbonyl (C=O) groups is 6. The van der Waals surface area contributed by atoms with Gasteiger partial charge in [-0.1, -0.05) is 29.8 Å². The van der Waals surface area contributed by atoms with Crippen LogP contribution >= 0.6 is 34.3 Å². The summed E-state index contributed by atoms with van der Waals surface area (Å²) in [5.41, 5.74) is 1.25. The third-order valence-corrected chi connectivity index (χ3v) is 12.2. The second-order valence-electron chi connectivity index (χ2n) is 13.4. The standard InChI is InChI=1S/C44H27ClF2N4O12S2/c1-58-41(54)27-14-25-37(64-27)31(35(62-25)43(56)59-2)19-10-12-29(48-16-19)50-39(52)22-7-4-6-21(34(22)45)18-61-42(55)28-15-26-38(65-28)32(36(63-26)44(57)60-3)20-11-13-30(49-17-20)51-40(53)33-23(46)8-5-9-24(33)47/h4-17H,18H2,1-3H3,(H,48,50,52)(H,49,51,53). The average molecular weight is 941 g/mol. The highest BCUT2D eigenvalue weighted by Crippen LogP contribution is 2.42. The quantitative estimate of drug-likeness (QED) is 0.0862. The molecule has 16 nitrogen and oxygen atoms in total. The summed E-state index contributed by atoms with van der Waals surface area (Å²) < 4.78 is 60.8. The van der Waals surface area contributed by atoms with Crippen LogP contribution in [-0.4, -0.2) is 67.0 Å². The molecule has 21 heteroatoms. The van der Waals surface area contributed by atoms with E-state index in [4.69, 9.17) is 39.4 Å². The SMILES string of the molecule is COC(=O)c1cc2oc(C(=O)OC)c(-c3ccc(NC(=O)c4cccc(COC(=O)c5cc6oc(C(=O)OC)c(-c7ccc(NC(=O)c8c(F)cccc8F)nc7)c6s5)c4Cl)nc3)c2s1. The van der Waals surface area contributed by atoms with Crippen LogP contribution in [0.3, 0.4) is 0 Å². The number of furan rings is 2. The van der Waals surface area contributed by atoms with Gasteiger partial charge in [0.1, 0.15) is 56.4 Å². The summed E-state index contributed by atoms with van der Waals surface area (Å²) >= 11 is 8.64. The summed E-state index contributed by atoms with van der Waals surface area (Å²) in [5.74, 6) is -6.99. The van der Waals surface area contributed by atoms with Crippen LogP contribution < -0.4 is 10.6 Å². The van der Waals surface area contributed by atoms with Gasteiger partial charge in [0.2, 0.25) is 11.5 Å². The van der Waals surface area contributed by atoms with Gasteiger partial charge in [0, 0.05) is 41.2 Å². The van der Waals surface area contributed by atoms with Crippen LogP contribution in [0.4, 0.5) is 20.4 Å². The van der Waals surface area contributed by atoms with Crippen molar-refractivity contribution in [2.45, 2.75) is 6.61 Å². The first kappa shape index (κ1) is 43.8. The number of ether oxygens (including phenoxy) is 4. The number of benzene rings is 2. The van der Waals surface area contributed by atoms with Crippen LogP contribution in [0, 0.1) is 11.6 Å². The number of carbonyl (C=O) groups excluding carboxylic acids is 6. The molecule has 328 valence electrons. The van der Waals surface area contributed by atoms with Crippen molar-refractivity contribution in [2.24, 2.45) is 0 Å². The Labute approximate surface area is 376 Å². The molecular weight excluding hydrogens is 914 g/mol. The van der Waals surface area contributed by atoms with Crippen LogP contribution in [0.25, 0.3) is 42.8 Å². The van der Waals surface area contributed by atoms with Gasteiger partial charge in [-0.3, -0.25) is 9.59 Å². The maximum absolute atomic E-state index is 14.2. The molecule has 0 radical (unpaired) electrons. The number of aromatic nitrogens is 2. The number of nitrogens with zero attached hydrogens (tertiary/aromatic N) is 2. The van der Waals surface area contributed by atoms with Crippen molar-refractivity contribution in [2.75, 3.05) is 32.0 Å². The second-order valence-corrected chi connectivity index (χ2v) is 15.9. The Morgan fingerprint density at radius 2 is 1.14 bits per heavy atom. The molecule has 0 saturated heterocycles. The van der Waals surface area contributed by atoms with Gasteiger partial charge in [-0.2, -0.15) is 0 Å². The largest absolute Gasteiger partial charge is 0.465 e. The number of esters is 4. The normalized spacial score (nSPS) is 11.0. The molecule has 0 aliphatic carbocycles. The van der Waals surface area contributed by atoms with E-state index in [1.807, 2.05) is 0 Å². The number of methoxy groups -OCH3 is 3. The number of anilines is 2. The third-order valence-electron chi connectivity index (χ3n) is 9.52. The minimum absolute atomic E-state index is 0.00634. The van der Waals surface area contributed by atoms with Crippen LogP contribution in [0.15, 0.2) is 94.0 Å². The molecule has 0 saturated carbocycles. The summed E-state index contributed by atoms with van der Waals surface area (Å²) in [6, 6.07) is 16.3. The van der Waals surface area contributed by atoms with E-state index in [-0.39, 0.29) is 66.8 Å². The lowest BCUT2D eigenvalue weighted by atomic mass is 10.1. The lowest BCUT2D eigenvalue weighted by Gasteiger charge is -2.11. The zero-order valence-corrected chi connectivity index (χ0v) is 35.9. The summed E-state index contributed by atoms with van der Waals surface area (Å²) in [7, 11) is 3.60. The van der Waals surface area contributed by atoms with Gasteiger partial charge in [0.15, 0.2) is 0 Å². The highest BCUT2D eigenvalue weighted by atomic mass is 35.5. The van der Waals surface area contributed by atoms with E-state index in [0.717, 1.165) is 48.0 Å². The zero-order chi connectivity index (χ0) is 46.1. The molecule has 0 fully saturated rings. The first-order valence-electron chi connectivity index (χ1n) is 18.6. The summed E-state index contributed by atoms with van der Waals surface area (Å²) in [6.07, 6.45) is 2.69. The van der Waals surface area contributed by atoms with Gasteiger partial charge in [0.25, 0.3) is 11.8 Å². The number of rotatable bonds is 12. The molecule has 0 bridgehead atoms.